The molecule has 1 N–H and O–H groups in total. The van der Waals surface area contributed by atoms with E-state index >= 15 is 0 Å². The zero-order chi connectivity index (χ0) is 7.40. The maximum atomic E-state index is 7.18. The Morgan fingerprint density at radius 2 is 1.55 bits per heavy atom. The molecule has 0 aromatic carbocycles. The first-order chi connectivity index (χ1) is 4.80. The van der Waals surface area contributed by atoms with Crippen LogP contribution in [0.15, 0.2) is 0 Å². The number of amidine groups is 1. The fraction of sp³-hybridized carbons (Fsp3) is 0.857. The van der Waals surface area contributed by atoms with Crippen LogP contribution in [0.1, 0.15) is 25.7 Å². The molecule has 66 valence electrons. The average molecular weight is 197 g/mol. The van der Waals surface area contributed by atoms with Gasteiger partial charge in [0.05, 0.1) is 0 Å². The average Bonchev–Trinajstić information content (AvgIpc) is 2.12. The third kappa shape index (κ3) is 3.82. The summed E-state index contributed by atoms with van der Waals surface area (Å²) in [6.07, 6.45) is 4.96. The summed E-state index contributed by atoms with van der Waals surface area (Å²) in [4.78, 5) is 1.94. The molecule has 0 aromatic heterocycles. The van der Waals surface area contributed by atoms with Gasteiger partial charge in [-0.2, -0.15) is 0 Å². The summed E-state index contributed by atoms with van der Waals surface area (Å²) in [5, 5.41) is 7.39. The van der Waals surface area contributed by atoms with Crippen LogP contribution >= 0.6 is 24.0 Å². The van der Waals surface area contributed by atoms with Crippen molar-refractivity contribution in [3.63, 3.8) is 0 Å². The lowest BCUT2D eigenvalue weighted by Crippen LogP contribution is -2.27. The van der Waals surface area contributed by atoms with Crippen molar-refractivity contribution >= 4 is 29.3 Å². The van der Waals surface area contributed by atoms with Gasteiger partial charge in [0, 0.05) is 13.1 Å². The van der Waals surface area contributed by atoms with E-state index in [9.17, 15) is 0 Å². The Bertz CT molecular complexity index is 120. The third-order valence-corrected chi connectivity index (χ3v) is 2.12. The summed E-state index contributed by atoms with van der Waals surface area (Å²) < 4.78 is 0. The molecule has 0 amide bonds. The highest BCUT2D eigenvalue weighted by Gasteiger charge is 2.09. The van der Waals surface area contributed by atoms with Crippen LogP contribution in [0.3, 0.4) is 0 Å². The quantitative estimate of drug-likeness (QED) is 0.360. The second-order valence-corrected chi connectivity index (χ2v) is 3.05. The number of nitrogens with zero attached hydrogens (tertiary/aromatic N) is 1. The smallest absolute Gasteiger partial charge is 0.191 e. The van der Waals surface area contributed by atoms with Crippen LogP contribution in [-0.4, -0.2) is 23.3 Å². The molecule has 11 heavy (non-hydrogen) atoms. The second kappa shape index (κ2) is 5.67. The van der Waals surface area contributed by atoms with Crippen LogP contribution in [-0.2, 0) is 0 Å². The lowest BCUT2D eigenvalue weighted by Gasteiger charge is -2.17. The molecular formula is C7H14Cl2N2. The first-order valence-corrected chi connectivity index (χ1v) is 4.17. The van der Waals surface area contributed by atoms with Gasteiger partial charge < -0.3 is 4.90 Å². The van der Waals surface area contributed by atoms with Crippen LogP contribution in [0, 0.1) is 5.41 Å². The molecule has 0 saturated carbocycles. The van der Waals surface area contributed by atoms with Gasteiger partial charge in [0.1, 0.15) is 0 Å². The van der Waals surface area contributed by atoms with Crippen molar-refractivity contribution in [1.82, 2.24) is 4.90 Å². The second-order valence-electron chi connectivity index (χ2n) is 2.69. The first kappa shape index (κ1) is 11.1. The summed E-state index contributed by atoms with van der Waals surface area (Å²) in [6, 6.07) is 0. The molecule has 0 aromatic rings. The summed E-state index contributed by atoms with van der Waals surface area (Å²) in [5.74, 6) is 0. The zero-order valence-electron chi connectivity index (χ0n) is 6.48. The Hall–Kier alpha value is 0.0500. The number of rotatable bonds is 0. The normalized spacial score (nSPS) is 18.5. The highest BCUT2D eigenvalue weighted by Crippen LogP contribution is 2.10. The van der Waals surface area contributed by atoms with Gasteiger partial charge in [-0.25, -0.2) is 0 Å². The molecular weight excluding hydrogens is 183 g/mol. The van der Waals surface area contributed by atoms with Crippen molar-refractivity contribution in [1.29, 1.82) is 5.41 Å². The largest absolute Gasteiger partial charge is 0.347 e. The summed E-state index contributed by atoms with van der Waals surface area (Å²) >= 11 is 5.54. The molecule has 1 aliphatic heterocycles. The Kier molecular flexibility index (Phi) is 5.69. The van der Waals surface area contributed by atoms with Gasteiger partial charge in [0.15, 0.2) is 5.29 Å². The van der Waals surface area contributed by atoms with Crippen LogP contribution in [0.5, 0.6) is 0 Å². The van der Waals surface area contributed by atoms with E-state index in [-0.39, 0.29) is 17.7 Å². The Balaban J connectivity index is 0.000001000. The van der Waals surface area contributed by atoms with Crippen LogP contribution in [0.4, 0.5) is 0 Å². The van der Waals surface area contributed by atoms with Crippen molar-refractivity contribution in [2.75, 3.05) is 13.1 Å². The first-order valence-electron chi connectivity index (χ1n) is 3.80. The van der Waals surface area contributed by atoms with Gasteiger partial charge in [-0.3, -0.25) is 5.41 Å². The van der Waals surface area contributed by atoms with Crippen LogP contribution in [0.2, 0.25) is 0 Å². The van der Waals surface area contributed by atoms with Crippen molar-refractivity contribution in [2.24, 2.45) is 0 Å². The van der Waals surface area contributed by atoms with E-state index in [1.807, 2.05) is 4.90 Å². The van der Waals surface area contributed by atoms with Crippen molar-refractivity contribution in [3.8, 4) is 0 Å². The molecule has 1 rings (SSSR count). The van der Waals surface area contributed by atoms with E-state index in [1.54, 1.807) is 0 Å². The lowest BCUT2D eigenvalue weighted by molar-refractivity contribution is 0.440. The minimum Gasteiger partial charge on any atom is -0.347 e. The number of hydrogen-bond acceptors (Lipinski definition) is 1. The summed E-state index contributed by atoms with van der Waals surface area (Å²) in [6.45, 7) is 1.95. The van der Waals surface area contributed by atoms with E-state index < -0.39 is 0 Å². The fourth-order valence-corrected chi connectivity index (χ4v) is 1.44. The molecule has 4 heteroatoms. The molecule has 0 bridgehead atoms. The molecule has 1 aliphatic rings. The highest BCUT2D eigenvalue weighted by molar-refractivity contribution is 6.63. The zero-order valence-corrected chi connectivity index (χ0v) is 8.05. The summed E-state index contributed by atoms with van der Waals surface area (Å²) in [5.41, 5.74) is 0. The topological polar surface area (TPSA) is 27.1 Å². The van der Waals surface area contributed by atoms with Crippen molar-refractivity contribution in [3.05, 3.63) is 0 Å². The van der Waals surface area contributed by atoms with E-state index in [4.69, 9.17) is 17.0 Å². The fourth-order valence-electron chi connectivity index (χ4n) is 1.27. The van der Waals surface area contributed by atoms with E-state index in [1.165, 1.54) is 25.7 Å². The number of likely N-dealkylation sites (tertiary alicyclic amines) is 1. The SMILES string of the molecule is Cl.N=C(Cl)N1CCCCCC1. The molecule has 0 unspecified atom stereocenters. The van der Waals surface area contributed by atoms with Crippen LogP contribution in [0.25, 0.3) is 0 Å². The van der Waals surface area contributed by atoms with E-state index in [0.717, 1.165) is 13.1 Å². The number of halogens is 2. The number of hydrogen-bond donors (Lipinski definition) is 1. The highest BCUT2D eigenvalue weighted by atomic mass is 35.5. The predicted molar refractivity (Wildman–Crippen MR) is 50.9 cm³/mol. The van der Waals surface area contributed by atoms with Gasteiger partial charge in [-0.15, -0.1) is 12.4 Å². The Labute approximate surface area is 78.8 Å². The molecule has 1 saturated heterocycles. The Morgan fingerprint density at radius 3 is 1.91 bits per heavy atom. The summed E-state index contributed by atoms with van der Waals surface area (Å²) in [7, 11) is 0. The maximum Gasteiger partial charge on any atom is 0.191 e. The standard InChI is InChI=1S/C7H13ClN2.ClH/c8-7(9)10-5-3-1-2-4-6-10;/h9H,1-6H2;1H. The third-order valence-electron chi connectivity index (χ3n) is 1.88. The maximum absolute atomic E-state index is 7.18. The lowest BCUT2D eigenvalue weighted by atomic mass is 10.2. The minimum absolute atomic E-state index is 0. The molecule has 0 aliphatic carbocycles. The molecule has 0 atom stereocenters. The van der Waals surface area contributed by atoms with Crippen LogP contribution < -0.4 is 0 Å². The van der Waals surface area contributed by atoms with Gasteiger partial charge in [0.2, 0.25) is 0 Å². The molecule has 2 nitrogen and oxygen atoms in total. The monoisotopic (exact) mass is 196 g/mol. The predicted octanol–water partition coefficient (Wildman–Crippen LogP) is 2.46. The Morgan fingerprint density at radius 1 is 1.09 bits per heavy atom. The molecule has 0 radical (unpaired) electrons. The van der Waals surface area contributed by atoms with Crippen molar-refractivity contribution < 1.29 is 0 Å². The van der Waals surface area contributed by atoms with Gasteiger partial charge in [-0.1, -0.05) is 12.8 Å². The molecule has 1 heterocycles. The number of nitrogens with one attached hydrogen (secondary N) is 1. The van der Waals surface area contributed by atoms with Gasteiger partial charge in [-0.05, 0) is 24.4 Å². The van der Waals surface area contributed by atoms with E-state index in [0.29, 0.717) is 0 Å². The van der Waals surface area contributed by atoms with Gasteiger partial charge in [0.25, 0.3) is 0 Å². The molecule has 1 fully saturated rings. The minimum atomic E-state index is 0. The van der Waals surface area contributed by atoms with Gasteiger partial charge >= 0.3 is 0 Å². The molecule has 0 spiro atoms. The van der Waals surface area contributed by atoms with E-state index in [2.05, 4.69) is 0 Å². The van der Waals surface area contributed by atoms with Crippen molar-refractivity contribution in [2.45, 2.75) is 25.7 Å².